The number of likely N-dealkylation sites (tertiary alicyclic amines) is 1. The van der Waals surface area contributed by atoms with Crippen molar-refractivity contribution in [3.63, 3.8) is 0 Å². The van der Waals surface area contributed by atoms with Crippen molar-refractivity contribution in [1.82, 2.24) is 10.2 Å². The van der Waals surface area contributed by atoms with E-state index in [1.54, 1.807) is 0 Å². The van der Waals surface area contributed by atoms with Crippen molar-refractivity contribution in [3.05, 3.63) is 0 Å². The van der Waals surface area contributed by atoms with E-state index in [9.17, 15) is 0 Å². The van der Waals surface area contributed by atoms with Gasteiger partial charge in [-0.15, -0.1) is 0 Å². The Morgan fingerprint density at radius 2 is 2.12 bits per heavy atom. The third-order valence-electron chi connectivity index (χ3n) is 4.07. The molecule has 2 rings (SSSR count). The summed E-state index contributed by atoms with van der Waals surface area (Å²) in [6.07, 6.45) is 5.59. The van der Waals surface area contributed by atoms with Crippen LogP contribution in [0, 0.1) is 11.8 Å². The van der Waals surface area contributed by atoms with Crippen LogP contribution in [0.3, 0.4) is 0 Å². The fourth-order valence-corrected chi connectivity index (χ4v) is 2.96. The topological polar surface area (TPSA) is 35.5 Å². The lowest BCUT2D eigenvalue weighted by molar-refractivity contribution is 0.118. The molecule has 0 amide bonds. The van der Waals surface area contributed by atoms with Crippen LogP contribution < -0.4 is 5.32 Å². The Morgan fingerprint density at radius 3 is 2.75 bits per heavy atom. The first kappa shape index (κ1) is 12.3. The summed E-state index contributed by atoms with van der Waals surface area (Å²) in [5, 5.41) is 12.7. The molecule has 0 aromatic carbocycles. The van der Waals surface area contributed by atoms with Crippen molar-refractivity contribution >= 4 is 0 Å². The van der Waals surface area contributed by atoms with Crippen LogP contribution in [-0.4, -0.2) is 48.8 Å². The van der Waals surface area contributed by atoms with Gasteiger partial charge in [0.25, 0.3) is 0 Å². The van der Waals surface area contributed by atoms with Crippen LogP contribution in [-0.2, 0) is 0 Å². The molecule has 3 nitrogen and oxygen atoms in total. The maximum absolute atomic E-state index is 8.99. The van der Waals surface area contributed by atoms with Gasteiger partial charge in [-0.2, -0.15) is 0 Å². The van der Waals surface area contributed by atoms with Gasteiger partial charge in [0.05, 0.1) is 6.61 Å². The smallest absolute Gasteiger partial charge is 0.0558 e. The van der Waals surface area contributed by atoms with Crippen molar-refractivity contribution in [3.8, 4) is 0 Å². The molecule has 0 spiro atoms. The van der Waals surface area contributed by atoms with Gasteiger partial charge in [-0.1, -0.05) is 13.3 Å². The predicted octanol–water partition coefficient (Wildman–Crippen LogP) is 1.08. The van der Waals surface area contributed by atoms with Crippen LogP contribution >= 0.6 is 0 Å². The summed E-state index contributed by atoms with van der Waals surface area (Å²) in [5.74, 6) is 1.71. The van der Waals surface area contributed by atoms with E-state index in [4.69, 9.17) is 5.11 Å². The number of aliphatic hydroxyl groups is 1. The Labute approximate surface area is 99.2 Å². The van der Waals surface area contributed by atoms with Gasteiger partial charge in [0.2, 0.25) is 0 Å². The van der Waals surface area contributed by atoms with Crippen LogP contribution in [0.2, 0.25) is 0 Å². The molecule has 1 saturated heterocycles. The molecule has 2 aliphatic rings. The molecule has 1 saturated carbocycles. The fraction of sp³-hybridized carbons (Fsp3) is 1.00. The average Bonchev–Trinajstić information content (AvgIpc) is 2.14. The van der Waals surface area contributed by atoms with E-state index in [1.807, 2.05) is 0 Å². The van der Waals surface area contributed by atoms with E-state index in [0.717, 1.165) is 31.5 Å². The summed E-state index contributed by atoms with van der Waals surface area (Å²) >= 11 is 0. The van der Waals surface area contributed by atoms with Gasteiger partial charge in [-0.25, -0.2) is 0 Å². The Balaban J connectivity index is 1.70. The minimum absolute atomic E-state index is 0.294. The lowest BCUT2D eigenvalue weighted by Crippen LogP contribution is -2.50. The first-order valence-electron chi connectivity index (χ1n) is 6.84. The second-order valence-electron chi connectivity index (χ2n) is 5.73. The summed E-state index contributed by atoms with van der Waals surface area (Å²) in [5.41, 5.74) is 0. The highest BCUT2D eigenvalue weighted by Crippen LogP contribution is 2.26. The van der Waals surface area contributed by atoms with E-state index < -0.39 is 0 Å². The third-order valence-corrected chi connectivity index (χ3v) is 4.07. The molecule has 16 heavy (non-hydrogen) atoms. The maximum atomic E-state index is 8.99. The van der Waals surface area contributed by atoms with Crippen LogP contribution in [0.4, 0.5) is 0 Å². The lowest BCUT2D eigenvalue weighted by atomic mass is 9.85. The van der Waals surface area contributed by atoms with Gasteiger partial charge in [0.1, 0.15) is 0 Å². The molecule has 94 valence electrons. The van der Waals surface area contributed by atoms with E-state index in [2.05, 4.69) is 17.1 Å². The molecule has 0 aromatic heterocycles. The van der Waals surface area contributed by atoms with Crippen LogP contribution in [0.1, 0.15) is 32.6 Å². The standard InChI is InChI=1S/C13H26N2O/c1-11-7-13(10-15(9-11)5-6-16)14-8-12-3-2-4-12/h11-14,16H,2-10H2,1H3. The molecular formula is C13H26N2O. The van der Waals surface area contributed by atoms with E-state index in [1.165, 1.54) is 32.2 Å². The van der Waals surface area contributed by atoms with Gasteiger partial charge in [-0.3, -0.25) is 4.90 Å². The van der Waals surface area contributed by atoms with Gasteiger partial charge in [0.15, 0.2) is 0 Å². The molecule has 1 heterocycles. The Morgan fingerprint density at radius 1 is 1.31 bits per heavy atom. The highest BCUT2D eigenvalue weighted by molar-refractivity contribution is 4.83. The van der Waals surface area contributed by atoms with E-state index >= 15 is 0 Å². The summed E-state index contributed by atoms with van der Waals surface area (Å²) in [4.78, 5) is 2.40. The third kappa shape index (κ3) is 3.44. The first-order valence-corrected chi connectivity index (χ1v) is 6.84. The Kier molecular flexibility index (Phi) is 4.62. The summed E-state index contributed by atoms with van der Waals surface area (Å²) in [6.45, 7) is 6.94. The molecule has 0 bridgehead atoms. The van der Waals surface area contributed by atoms with Crippen LogP contribution in [0.5, 0.6) is 0 Å². The number of rotatable bonds is 5. The predicted molar refractivity (Wildman–Crippen MR) is 66.4 cm³/mol. The first-order chi connectivity index (χ1) is 7.78. The van der Waals surface area contributed by atoms with Crippen molar-refractivity contribution in [2.24, 2.45) is 11.8 Å². The number of aliphatic hydroxyl groups excluding tert-OH is 1. The van der Waals surface area contributed by atoms with Crippen molar-refractivity contribution in [2.75, 3.05) is 32.8 Å². The van der Waals surface area contributed by atoms with Gasteiger partial charge in [-0.05, 0) is 37.6 Å². The number of β-amino-alcohol motifs (C(OH)–C–C–N with tert-alkyl or cyclic N) is 1. The molecule has 2 unspecified atom stereocenters. The average molecular weight is 226 g/mol. The zero-order valence-electron chi connectivity index (χ0n) is 10.5. The zero-order chi connectivity index (χ0) is 11.4. The Hall–Kier alpha value is -0.120. The second kappa shape index (κ2) is 5.99. The van der Waals surface area contributed by atoms with Crippen LogP contribution in [0.25, 0.3) is 0 Å². The summed E-state index contributed by atoms with van der Waals surface area (Å²) in [7, 11) is 0. The molecule has 2 atom stereocenters. The Bertz CT molecular complexity index is 206. The monoisotopic (exact) mass is 226 g/mol. The van der Waals surface area contributed by atoms with Gasteiger partial charge < -0.3 is 10.4 Å². The number of hydrogen-bond donors (Lipinski definition) is 2. The molecule has 2 N–H and O–H groups in total. The minimum Gasteiger partial charge on any atom is -0.395 e. The maximum Gasteiger partial charge on any atom is 0.0558 e. The van der Waals surface area contributed by atoms with Crippen molar-refractivity contribution in [2.45, 2.75) is 38.6 Å². The van der Waals surface area contributed by atoms with Gasteiger partial charge >= 0.3 is 0 Å². The van der Waals surface area contributed by atoms with Crippen molar-refractivity contribution in [1.29, 1.82) is 0 Å². The molecule has 0 radical (unpaired) electrons. The quantitative estimate of drug-likeness (QED) is 0.736. The molecule has 1 aliphatic heterocycles. The largest absolute Gasteiger partial charge is 0.395 e. The molecule has 3 heteroatoms. The number of nitrogens with one attached hydrogen (secondary N) is 1. The molecule has 1 aliphatic carbocycles. The van der Waals surface area contributed by atoms with E-state index in [-0.39, 0.29) is 0 Å². The number of hydrogen-bond acceptors (Lipinski definition) is 3. The summed E-state index contributed by atoms with van der Waals surface area (Å²) < 4.78 is 0. The van der Waals surface area contributed by atoms with Gasteiger partial charge in [0, 0.05) is 25.7 Å². The molecule has 0 aromatic rings. The molecular weight excluding hydrogens is 200 g/mol. The number of nitrogens with zero attached hydrogens (tertiary/aromatic N) is 1. The number of piperidine rings is 1. The lowest BCUT2D eigenvalue weighted by Gasteiger charge is -2.38. The fourth-order valence-electron chi connectivity index (χ4n) is 2.96. The molecule has 2 fully saturated rings. The van der Waals surface area contributed by atoms with E-state index in [0.29, 0.717) is 12.6 Å². The second-order valence-corrected chi connectivity index (χ2v) is 5.73. The summed E-state index contributed by atoms with van der Waals surface area (Å²) in [6, 6.07) is 0.649. The zero-order valence-corrected chi connectivity index (χ0v) is 10.5. The minimum atomic E-state index is 0.294. The normalized spacial score (nSPS) is 32.6. The SMILES string of the molecule is CC1CC(NCC2CCC2)CN(CCO)C1. The van der Waals surface area contributed by atoms with Crippen molar-refractivity contribution < 1.29 is 5.11 Å². The highest BCUT2D eigenvalue weighted by Gasteiger charge is 2.25. The van der Waals surface area contributed by atoms with Crippen LogP contribution in [0.15, 0.2) is 0 Å². The highest BCUT2D eigenvalue weighted by atomic mass is 16.3.